The van der Waals surface area contributed by atoms with Crippen LogP contribution in [0.3, 0.4) is 0 Å². The third-order valence-electron chi connectivity index (χ3n) is 0.500. The number of nitrogens with one attached hydrogen (secondary N) is 1. The van der Waals surface area contributed by atoms with Gasteiger partial charge in [-0.2, -0.15) is 0 Å². The Morgan fingerprint density at radius 2 is 1.50 bits per heavy atom. The van der Waals surface area contributed by atoms with Gasteiger partial charge in [0, 0.05) is 0 Å². The van der Waals surface area contributed by atoms with Gasteiger partial charge in [0.25, 0.3) is 0 Å². The molecule has 8 heavy (non-hydrogen) atoms. The number of hydrogen-bond acceptors (Lipinski definition) is 1. The van der Waals surface area contributed by atoms with Crippen molar-refractivity contribution >= 4 is 5.84 Å². The van der Waals surface area contributed by atoms with E-state index >= 15 is 0 Å². The summed E-state index contributed by atoms with van der Waals surface area (Å²) in [5, 5.41) is 6.28. The van der Waals surface area contributed by atoms with Crippen LogP contribution in [-0.4, -0.2) is 5.84 Å². The van der Waals surface area contributed by atoms with Crippen LogP contribution in [0.1, 0.15) is 33.6 Å². The summed E-state index contributed by atoms with van der Waals surface area (Å²) in [5.41, 5.74) is 4.69. The van der Waals surface area contributed by atoms with E-state index < -0.39 is 0 Å². The van der Waals surface area contributed by atoms with Crippen LogP contribution in [0.25, 0.3) is 0 Å². The molecule has 0 aliphatic rings. The van der Waals surface area contributed by atoms with Gasteiger partial charge in [-0.05, 0) is 6.92 Å². The van der Waals surface area contributed by atoms with Crippen molar-refractivity contribution in [3.63, 3.8) is 0 Å². The van der Waals surface area contributed by atoms with Crippen molar-refractivity contribution in [3.05, 3.63) is 0 Å². The van der Waals surface area contributed by atoms with Crippen molar-refractivity contribution in [1.29, 1.82) is 5.41 Å². The molecule has 0 atom stereocenters. The molecule has 0 rings (SSSR count). The van der Waals surface area contributed by atoms with E-state index in [1.807, 2.05) is 0 Å². The van der Waals surface area contributed by atoms with Crippen LogP contribution < -0.4 is 5.73 Å². The molecule has 0 aromatic heterocycles. The molecule has 0 unspecified atom stereocenters. The summed E-state index contributed by atoms with van der Waals surface area (Å²) in [6.45, 7) is 5.89. The van der Waals surface area contributed by atoms with E-state index in [0.717, 1.165) is 0 Å². The minimum Gasteiger partial charge on any atom is -0.388 e. The highest BCUT2D eigenvalue weighted by molar-refractivity contribution is 5.73. The number of unbranched alkanes of at least 4 members (excludes halogenated alkanes) is 1. The highest BCUT2D eigenvalue weighted by Gasteiger charge is 1.56. The summed E-state index contributed by atoms with van der Waals surface area (Å²) in [7, 11) is 0. The molecule has 2 nitrogen and oxygen atoms in total. The fourth-order valence-corrected chi connectivity index (χ4v) is 0. The zero-order chi connectivity index (χ0) is 6.99. The molecule has 0 heterocycles. The summed E-state index contributed by atoms with van der Waals surface area (Å²) in [6.07, 6.45) is 2.64. The first-order valence-corrected chi connectivity index (χ1v) is 2.95. The molecule has 0 fully saturated rings. The minimum absolute atomic E-state index is 0.167. The van der Waals surface area contributed by atoms with Gasteiger partial charge in [-0.15, -0.1) is 0 Å². The third-order valence-corrected chi connectivity index (χ3v) is 0.500. The van der Waals surface area contributed by atoms with Gasteiger partial charge in [-0.3, -0.25) is 5.41 Å². The Balaban J connectivity index is 0. The summed E-state index contributed by atoms with van der Waals surface area (Å²) in [6, 6.07) is 0. The second-order valence-corrected chi connectivity index (χ2v) is 1.68. The van der Waals surface area contributed by atoms with Crippen LogP contribution in [0.4, 0.5) is 0 Å². The smallest absolute Gasteiger partial charge is 0.0873 e. The number of rotatable bonds is 1. The summed E-state index contributed by atoms with van der Waals surface area (Å²) in [5.74, 6) is 0.167. The van der Waals surface area contributed by atoms with Crippen molar-refractivity contribution in [2.45, 2.75) is 33.6 Å². The van der Waals surface area contributed by atoms with Gasteiger partial charge < -0.3 is 5.73 Å². The SMILES string of the molecule is CC(=N)N.CCCC. The molecule has 0 saturated carbocycles. The molecule has 0 amide bonds. The molecular formula is C6H16N2. The fraction of sp³-hybridized carbons (Fsp3) is 0.833. The van der Waals surface area contributed by atoms with E-state index in [4.69, 9.17) is 11.1 Å². The zero-order valence-electron chi connectivity index (χ0n) is 5.99. The molecule has 0 aliphatic carbocycles. The predicted octanol–water partition coefficient (Wildman–Crippen LogP) is 1.75. The first-order chi connectivity index (χ1) is 3.65. The molecule has 0 aliphatic heterocycles. The van der Waals surface area contributed by atoms with Gasteiger partial charge in [0.2, 0.25) is 0 Å². The first kappa shape index (κ1) is 10.5. The summed E-state index contributed by atoms with van der Waals surface area (Å²) < 4.78 is 0. The Morgan fingerprint density at radius 1 is 1.38 bits per heavy atom. The highest BCUT2D eigenvalue weighted by Crippen LogP contribution is 1.76. The predicted molar refractivity (Wildman–Crippen MR) is 38.2 cm³/mol. The Labute approximate surface area is 51.6 Å². The van der Waals surface area contributed by atoms with E-state index in [-0.39, 0.29) is 5.84 Å². The Morgan fingerprint density at radius 3 is 1.50 bits per heavy atom. The van der Waals surface area contributed by atoms with Crippen molar-refractivity contribution < 1.29 is 0 Å². The first-order valence-electron chi connectivity index (χ1n) is 2.95. The summed E-state index contributed by atoms with van der Waals surface area (Å²) in [4.78, 5) is 0. The largest absolute Gasteiger partial charge is 0.388 e. The molecule has 0 radical (unpaired) electrons. The monoisotopic (exact) mass is 116 g/mol. The van der Waals surface area contributed by atoms with Crippen molar-refractivity contribution in [3.8, 4) is 0 Å². The molecule has 3 N–H and O–H groups in total. The van der Waals surface area contributed by atoms with Gasteiger partial charge in [-0.1, -0.05) is 26.7 Å². The molecule has 0 aromatic carbocycles. The number of amidine groups is 1. The van der Waals surface area contributed by atoms with E-state index in [1.165, 1.54) is 19.8 Å². The van der Waals surface area contributed by atoms with Crippen LogP contribution in [0.15, 0.2) is 0 Å². The molecule has 2 heteroatoms. The Bertz CT molecular complexity index is 44.5. The molecule has 0 bridgehead atoms. The van der Waals surface area contributed by atoms with Gasteiger partial charge in [0.05, 0.1) is 5.84 Å². The molecule has 50 valence electrons. The van der Waals surface area contributed by atoms with E-state index in [1.54, 1.807) is 0 Å². The van der Waals surface area contributed by atoms with Crippen LogP contribution in [0.2, 0.25) is 0 Å². The van der Waals surface area contributed by atoms with Crippen LogP contribution in [-0.2, 0) is 0 Å². The number of hydrogen-bond donors (Lipinski definition) is 2. The van der Waals surface area contributed by atoms with Crippen molar-refractivity contribution in [2.75, 3.05) is 0 Å². The van der Waals surface area contributed by atoms with E-state index in [0.29, 0.717) is 0 Å². The maximum Gasteiger partial charge on any atom is 0.0873 e. The summed E-state index contributed by atoms with van der Waals surface area (Å²) >= 11 is 0. The van der Waals surface area contributed by atoms with Gasteiger partial charge in [0.15, 0.2) is 0 Å². The van der Waals surface area contributed by atoms with Crippen LogP contribution in [0.5, 0.6) is 0 Å². The number of nitrogens with two attached hydrogens (primary N) is 1. The quantitative estimate of drug-likeness (QED) is 0.398. The molecule has 0 saturated heterocycles. The van der Waals surface area contributed by atoms with Gasteiger partial charge in [0.1, 0.15) is 0 Å². The third kappa shape index (κ3) is 495. The lowest BCUT2D eigenvalue weighted by Crippen LogP contribution is -2.00. The van der Waals surface area contributed by atoms with Crippen LogP contribution in [0, 0.1) is 5.41 Å². The van der Waals surface area contributed by atoms with Gasteiger partial charge >= 0.3 is 0 Å². The Hall–Kier alpha value is -0.530. The lowest BCUT2D eigenvalue weighted by molar-refractivity contribution is 0.886. The average molecular weight is 116 g/mol. The van der Waals surface area contributed by atoms with E-state index in [9.17, 15) is 0 Å². The van der Waals surface area contributed by atoms with Crippen molar-refractivity contribution in [1.82, 2.24) is 0 Å². The normalized spacial score (nSPS) is 6.88. The van der Waals surface area contributed by atoms with Gasteiger partial charge in [-0.25, -0.2) is 0 Å². The molecule has 0 aromatic rings. The van der Waals surface area contributed by atoms with Crippen molar-refractivity contribution in [2.24, 2.45) is 5.73 Å². The minimum atomic E-state index is 0.167. The maximum absolute atomic E-state index is 6.28. The standard InChI is InChI=1S/C4H10.C2H6N2/c1-3-4-2;1-2(3)4/h3-4H2,1-2H3;1H3,(H3,3,4). The topological polar surface area (TPSA) is 49.9 Å². The lowest BCUT2D eigenvalue weighted by Gasteiger charge is -1.68. The molecular weight excluding hydrogens is 100 g/mol. The second-order valence-electron chi connectivity index (χ2n) is 1.68. The van der Waals surface area contributed by atoms with E-state index in [2.05, 4.69) is 13.8 Å². The fourth-order valence-electron chi connectivity index (χ4n) is 0. The lowest BCUT2D eigenvalue weighted by atomic mass is 10.4. The van der Waals surface area contributed by atoms with Crippen LogP contribution >= 0.6 is 0 Å². The molecule has 0 spiro atoms. The second kappa shape index (κ2) is 9.69. The Kier molecular flexibility index (Phi) is 12.7. The zero-order valence-corrected chi connectivity index (χ0v) is 5.99. The average Bonchev–Trinajstić information content (AvgIpc) is 1.65. The highest BCUT2D eigenvalue weighted by atomic mass is 14.7. The maximum atomic E-state index is 6.28.